The van der Waals surface area contributed by atoms with Gasteiger partial charge in [0.05, 0.1) is 11.0 Å². The van der Waals surface area contributed by atoms with E-state index in [9.17, 15) is 18.0 Å². The van der Waals surface area contributed by atoms with Crippen LogP contribution < -0.4 is 4.90 Å². The summed E-state index contributed by atoms with van der Waals surface area (Å²) >= 11 is 0.597. The minimum Gasteiger partial charge on any atom is -0.358 e. The van der Waals surface area contributed by atoms with Crippen LogP contribution >= 0.6 is 11.3 Å². The first-order chi connectivity index (χ1) is 15.8. The van der Waals surface area contributed by atoms with Crippen molar-refractivity contribution in [3.05, 3.63) is 41.9 Å². The topological polar surface area (TPSA) is 95.8 Å². The molecule has 1 fully saturated rings. The summed E-state index contributed by atoms with van der Waals surface area (Å²) < 4.78 is 42.0. The number of aromatic nitrogens is 6. The Morgan fingerprint density at radius 1 is 1.24 bits per heavy atom. The number of aromatic amines is 1. The summed E-state index contributed by atoms with van der Waals surface area (Å²) in [4.78, 5) is 31.5. The third-order valence-corrected chi connectivity index (χ3v) is 6.63. The fourth-order valence-electron chi connectivity index (χ4n) is 3.92. The number of hydrogen-bond acceptors (Lipinski definition) is 7. The summed E-state index contributed by atoms with van der Waals surface area (Å²) in [6.07, 6.45) is -1.74. The smallest absolute Gasteiger partial charge is 0.358 e. The number of H-pyrrole nitrogens is 1. The number of rotatable bonds is 4. The van der Waals surface area contributed by atoms with E-state index < -0.39 is 11.2 Å². The van der Waals surface area contributed by atoms with E-state index in [1.807, 2.05) is 30.0 Å². The number of hydrogen-bond donors (Lipinski definition) is 1. The normalized spacial score (nSPS) is 17.2. The van der Waals surface area contributed by atoms with E-state index in [-0.39, 0.29) is 30.0 Å². The second-order valence-electron chi connectivity index (χ2n) is 7.75. The predicted molar refractivity (Wildman–Crippen MR) is 116 cm³/mol. The Labute approximate surface area is 189 Å². The molecule has 33 heavy (non-hydrogen) atoms. The van der Waals surface area contributed by atoms with Crippen LogP contribution in [0.1, 0.15) is 11.9 Å². The third-order valence-electron chi connectivity index (χ3n) is 5.46. The summed E-state index contributed by atoms with van der Waals surface area (Å²) in [6.45, 7) is 3.05. The SMILES string of the molecule is CC1CN(c2sc(C(F)(F)F)nc2-c2nc3ccccc3[nH]2)CCN1C(=O)Cn1cncn1. The van der Waals surface area contributed by atoms with Crippen molar-refractivity contribution in [3.8, 4) is 11.5 Å². The first-order valence-corrected chi connectivity index (χ1v) is 11.0. The van der Waals surface area contributed by atoms with Crippen LogP contribution in [-0.2, 0) is 17.5 Å². The summed E-state index contributed by atoms with van der Waals surface area (Å²) in [6, 6.07) is 7.02. The molecule has 4 aromatic rings. The first kappa shape index (κ1) is 21.4. The van der Waals surface area contributed by atoms with Gasteiger partial charge in [-0.15, -0.1) is 0 Å². The maximum atomic E-state index is 13.5. The van der Waals surface area contributed by atoms with Crippen LogP contribution in [0.25, 0.3) is 22.6 Å². The number of thiazole rings is 1. The minimum absolute atomic E-state index is 0.0629. The van der Waals surface area contributed by atoms with E-state index in [1.54, 1.807) is 11.0 Å². The van der Waals surface area contributed by atoms with Crippen LogP contribution in [0.5, 0.6) is 0 Å². The van der Waals surface area contributed by atoms with Crippen molar-refractivity contribution in [2.45, 2.75) is 25.7 Å². The molecule has 172 valence electrons. The Balaban J connectivity index is 1.43. The molecule has 4 heterocycles. The molecule has 0 spiro atoms. The van der Waals surface area contributed by atoms with Gasteiger partial charge in [0.2, 0.25) is 10.9 Å². The van der Waals surface area contributed by atoms with Crippen LogP contribution in [0.15, 0.2) is 36.9 Å². The maximum absolute atomic E-state index is 13.5. The van der Waals surface area contributed by atoms with E-state index in [4.69, 9.17) is 0 Å². The molecular weight excluding hydrogens is 457 g/mol. The van der Waals surface area contributed by atoms with Crippen LogP contribution in [0.3, 0.4) is 0 Å². The van der Waals surface area contributed by atoms with E-state index in [2.05, 4.69) is 25.0 Å². The van der Waals surface area contributed by atoms with Crippen molar-refractivity contribution >= 4 is 33.3 Å². The van der Waals surface area contributed by atoms with Gasteiger partial charge in [-0.1, -0.05) is 23.5 Å². The number of anilines is 1. The van der Waals surface area contributed by atoms with Crippen LogP contribution in [0.2, 0.25) is 0 Å². The van der Waals surface area contributed by atoms with E-state index in [0.717, 1.165) is 5.52 Å². The predicted octanol–water partition coefficient (Wildman–Crippen LogP) is 3.03. The number of carbonyl (C=O) groups excluding carboxylic acids is 1. The van der Waals surface area contributed by atoms with E-state index in [1.165, 1.54) is 17.3 Å². The number of fused-ring (bicyclic) bond motifs is 1. The molecule has 1 aromatic carbocycles. The highest BCUT2D eigenvalue weighted by molar-refractivity contribution is 7.16. The lowest BCUT2D eigenvalue weighted by molar-refractivity contribution is -0.137. The highest BCUT2D eigenvalue weighted by Gasteiger charge is 2.39. The molecule has 5 rings (SSSR count). The molecule has 1 saturated heterocycles. The van der Waals surface area contributed by atoms with Gasteiger partial charge < -0.3 is 14.8 Å². The molecule has 1 unspecified atom stereocenters. The average Bonchev–Trinajstić information content (AvgIpc) is 3.51. The maximum Gasteiger partial charge on any atom is 0.443 e. The number of alkyl halides is 3. The Kier molecular flexibility index (Phi) is 5.27. The summed E-state index contributed by atoms with van der Waals surface area (Å²) in [5.41, 5.74) is 1.53. The number of piperazine rings is 1. The Morgan fingerprint density at radius 3 is 2.76 bits per heavy atom. The standard InChI is InChI=1S/C20H19F3N8OS/c1-12-8-29(6-7-31(12)15(32)9-30-11-24-10-25-30)18-16(28-19(33-18)20(21,22)23)17-26-13-4-2-3-5-14(13)27-17/h2-5,10-12H,6-9H2,1H3,(H,26,27). The lowest BCUT2D eigenvalue weighted by atomic mass is 10.2. The quantitative estimate of drug-likeness (QED) is 0.487. The van der Waals surface area contributed by atoms with Crippen molar-refractivity contribution in [2.24, 2.45) is 0 Å². The van der Waals surface area contributed by atoms with Gasteiger partial charge in [0.1, 0.15) is 29.9 Å². The molecule has 0 radical (unpaired) electrons. The molecule has 0 bridgehead atoms. The summed E-state index contributed by atoms with van der Waals surface area (Å²) in [5.74, 6) is 0.167. The van der Waals surface area contributed by atoms with Crippen molar-refractivity contribution in [1.29, 1.82) is 0 Å². The highest BCUT2D eigenvalue weighted by Crippen LogP contribution is 2.42. The van der Waals surface area contributed by atoms with E-state index in [0.29, 0.717) is 41.5 Å². The van der Waals surface area contributed by atoms with Crippen LogP contribution in [-0.4, -0.2) is 66.2 Å². The monoisotopic (exact) mass is 476 g/mol. The number of benzene rings is 1. The van der Waals surface area contributed by atoms with Gasteiger partial charge in [-0.05, 0) is 19.1 Å². The van der Waals surface area contributed by atoms with E-state index >= 15 is 0 Å². The van der Waals surface area contributed by atoms with Crippen molar-refractivity contribution in [1.82, 2.24) is 34.6 Å². The van der Waals surface area contributed by atoms with Crippen LogP contribution in [0.4, 0.5) is 18.2 Å². The lowest BCUT2D eigenvalue weighted by Crippen LogP contribution is -2.54. The molecule has 9 nitrogen and oxygen atoms in total. The van der Waals surface area contributed by atoms with Gasteiger partial charge in [-0.25, -0.2) is 19.6 Å². The number of amides is 1. The zero-order valence-corrected chi connectivity index (χ0v) is 18.3. The average molecular weight is 476 g/mol. The fraction of sp³-hybridized carbons (Fsp3) is 0.350. The Hall–Kier alpha value is -3.48. The fourth-order valence-corrected chi connectivity index (χ4v) is 4.89. The number of nitrogens with zero attached hydrogens (tertiary/aromatic N) is 7. The molecule has 1 atom stereocenters. The number of para-hydroxylation sites is 2. The van der Waals surface area contributed by atoms with Gasteiger partial charge in [0.25, 0.3) is 0 Å². The van der Waals surface area contributed by atoms with Crippen molar-refractivity contribution < 1.29 is 18.0 Å². The molecule has 1 aliphatic rings. The van der Waals surface area contributed by atoms with Gasteiger partial charge >= 0.3 is 6.18 Å². The lowest BCUT2D eigenvalue weighted by Gasteiger charge is -2.40. The molecule has 0 aliphatic carbocycles. The first-order valence-electron chi connectivity index (χ1n) is 10.2. The summed E-state index contributed by atoms with van der Waals surface area (Å²) in [7, 11) is 0. The zero-order valence-electron chi connectivity index (χ0n) is 17.5. The van der Waals surface area contributed by atoms with Gasteiger partial charge in [0.15, 0.2) is 5.82 Å². The Bertz CT molecular complexity index is 1250. The third kappa shape index (κ3) is 4.15. The second-order valence-corrected chi connectivity index (χ2v) is 8.73. The van der Waals surface area contributed by atoms with Crippen molar-refractivity contribution in [2.75, 3.05) is 24.5 Å². The largest absolute Gasteiger partial charge is 0.443 e. The van der Waals surface area contributed by atoms with Crippen molar-refractivity contribution in [3.63, 3.8) is 0 Å². The van der Waals surface area contributed by atoms with Crippen LogP contribution in [0, 0.1) is 0 Å². The zero-order chi connectivity index (χ0) is 23.2. The van der Waals surface area contributed by atoms with Gasteiger partial charge in [-0.2, -0.15) is 18.3 Å². The molecule has 1 amide bonds. The minimum atomic E-state index is -4.56. The second kappa shape index (κ2) is 8.14. The number of imidazole rings is 1. The highest BCUT2D eigenvalue weighted by atomic mass is 32.1. The molecular formula is C20H19F3N8OS. The molecule has 1 N–H and O–H groups in total. The number of halogens is 3. The summed E-state index contributed by atoms with van der Waals surface area (Å²) in [5, 5.41) is 3.41. The van der Waals surface area contributed by atoms with Gasteiger partial charge in [0, 0.05) is 25.7 Å². The number of nitrogens with one attached hydrogen (secondary N) is 1. The Morgan fingerprint density at radius 2 is 2.06 bits per heavy atom. The number of carbonyl (C=O) groups is 1. The molecule has 3 aromatic heterocycles. The molecule has 1 aliphatic heterocycles. The van der Waals surface area contributed by atoms with Gasteiger partial charge in [-0.3, -0.25) is 4.79 Å². The molecule has 0 saturated carbocycles. The molecule has 13 heteroatoms.